The third kappa shape index (κ3) is 4.31. The summed E-state index contributed by atoms with van der Waals surface area (Å²) in [5, 5.41) is 4.16. The third-order valence-corrected chi connectivity index (χ3v) is 4.72. The van der Waals surface area contributed by atoms with Crippen molar-refractivity contribution >= 4 is 11.6 Å². The number of aromatic nitrogens is 1. The molecule has 1 aliphatic carbocycles. The lowest BCUT2D eigenvalue weighted by Gasteiger charge is -2.32. The van der Waals surface area contributed by atoms with Crippen LogP contribution in [-0.4, -0.2) is 42.2 Å². The molecule has 1 atom stereocenters. The Morgan fingerprint density at radius 3 is 2.95 bits per heavy atom. The zero-order valence-corrected chi connectivity index (χ0v) is 13.4. The number of nitrogens with one attached hydrogen (secondary N) is 1. The number of hydrogen-bond acceptors (Lipinski definition) is 4. The summed E-state index contributed by atoms with van der Waals surface area (Å²) in [6, 6.07) is 4.91. The highest BCUT2D eigenvalue weighted by molar-refractivity contribution is 6.31. The normalized spacial score (nSPS) is 23.2. The molecular weight excluding hydrogens is 286 g/mol. The number of nitrogens with zero attached hydrogens (tertiary/aromatic N) is 2. The molecule has 1 aromatic rings. The largest absolute Gasteiger partial charge is 0.476 e. The van der Waals surface area contributed by atoms with Crippen molar-refractivity contribution < 1.29 is 4.74 Å². The SMILES string of the molecule is CN1CCCCC1COc1ccc(Cl)c(CNC2CC2)n1. The summed E-state index contributed by atoms with van der Waals surface area (Å²) >= 11 is 6.21. The van der Waals surface area contributed by atoms with Crippen LogP contribution in [0.5, 0.6) is 5.88 Å². The van der Waals surface area contributed by atoms with E-state index in [0.29, 0.717) is 29.6 Å². The minimum atomic E-state index is 0.504. The highest BCUT2D eigenvalue weighted by Gasteiger charge is 2.21. The number of likely N-dealkylation sites (tertiary alicyclic amines) is 1. The van der Waals surface area contributed by atoms with Gasteiger partial charge >= 0.3 is 0 Å². The lowest BCUT2D eigenvalue weighted by Crippen LogP contribution is -2.40. The molecule has 1 aliphatic heterocycles. The van der Waals surface area contributed by atoms with Gasteiger partial charge in [0.15, 0.2) is 0 Å². The van der Waals surface area contributed by atoms with Gasteiger partial charge in [0.05, 0.1) is 10.7 Å². The van der Waals surface area contributed by atoms with Gasteiger partial charge in [-0.15, -0.1) is 0 Å². The summed E-state index contributed by atoms with van der Waals surface area (Å²) in [5.74, 6) is 0.686. The van der Waals surface area contributed by atoms with Crippen LogP contribution < -0.4 is 10.1 Å². The van der Waals surface area contributed by atoms with Gasteiger partial charge in [0, 0.05) is 24.7 Å². The van der Waals surface area contributed by atoms with Crippen LogP contribution in [0.15, 0.2) is 12.1 Å². The first-order chi connectivity index (χ1) is 10.2. The number of pyridine rings is 1. The number of hydrogen-bond donors (Lipinski definition) is 1. The Bertz CT molecular complexity index is 479. The Morgan fingerprint density at radius 1 is 1.33 bits per heavy atom. The molecule has 1 aromatic heterocycles. The van der Waals surface area contributed by atoms with Crippen molar-refractivity contribution in [1.82, 2.24) is 15.2 Å². The maximum Gasteiger partial charge on any atom is 0.213 e. The topological polar surface area (TPSA) is 37.4 Å². The second kappa shape index (κ2) is 6.95. The fourth-order valence-corrected chi connectivity index (χ4v) is 2.91. The van der Waals surface area contributed by atoms with Crippen molar-refractivity contribution in [2.75, 3.05) is 20.2 Å². The van der Waals surface area contributed by atoms with Gasteiger partial charge in [0.25, 0.3) is 0 Å². The van der Waals surface area contributed by atoms with Crippen molar-refractivity contribution in [1.29, 1.82) is 0 Å². The zero-order chi connectivity index (χ0) is 14.7. The van der Waals surface area contributed by atoms with Gasteiger partial charge in [0.1, 0.15) is 6.61 Å². The Morgan fingerprint density at radius 2 is 2.19 bits per heavy atom. The lowest BCUT2D eigenvalue weighted by atomic mass is 10.0. The Balaban J connectivity index is 1.55. The van der Waals surface area contributed by atoms with Gasteiger partial charge in [-0.25, -0.2) is 4.98 Å². The summed E-state index contributed by atoms with van der Waals surface area (Å²) in [6.07, 6.45) is 6.33. The molecule has 21 heavy (non-hydrogen) atoms. The van der Waals surface area contributed by atoms with Gasteiger partial charge in [-0.3, -0.25) is 0 Å². The predicted molar refractivity (Wildman–Crippen MR) is 84.9 cm³/mol. The molecule has 4 nitrogen and oxygen atoms in total. The standard InChI is InChI=1S/C16H24ClN3O/c1-20-9-3-2-4-13(20)11-21-16-8-7-14(17)15(19-16)10-18-12-5-6-12/h7-8,12-13,18H,2-6,9-11H2,1H3. The van der Waals surface area contributed by atoms with E-state index in [1.54, 1.807) is 0 Å². The second-order valence-electron chi connectivity index (χ2n) is 6.17. The van der Waals surface area contributed by atoms with E-state index in [2.05, 4.69) is 22.2 Å². The van der Waals surface area contributed by atoms with Crippen molar-refractivity contribution in [3.8, 4) is 5.88 Å². The van der Waals surface area contributed by atoms with Gasteiger partial charge in [-0.2, -0.15) is 0 Å². The molecule has 2 heterocycles. The van der Waals surface area contributed by atoms with Gasteiger partial charge in [-0.1, -0.05) is 18.0 Å². The van der Waals surface area contributed by atoms with Crippen LogP contribution in [0.1, 0.15) is 37.8 Å². The van der Waals surface area contributed by atoms with Crippen LogP contribution in [0.3, 0.4) is 0 Å². The summed E-state index contributed by atoms with van der Waals surface area (Å²) in [5.41, 5.74) is 0.887. The number of likely N-dealkylation sites (N-methyl/N-ethyl adjacent to an activating group) is 1. The Hall–Kier alpha value is -0.840. The minimum absolute atomic E-state index is 0.504. The number of piperidine rings is 1. The van der Waals surface area contributed by atoms with Crippen LogP contribution in [0.25, 0.3) is 0 Å². The highest BCUT2D eigenvalue weighted by Crippen LogP contribution is 2.23. The van der Waals surface area contributed by atoms with Gasteiger partial charge in [0.2, 0.25) is 5.88 Å². The average Bonchev–Trinajstić information content (AvgIpc) is 3.31. The summed E-state index contributed by atoms with van der Waals surface area (Å²) in [7, 11) is 2.17. The monoisotopic (exact) mass is 309 g/mol. The van der Waals surface area contributed by atoms with Crippen molar-refractivity contribution in [3.05, 3.63) is 22.8 Å². The molecule has 0 spiro atoms. The molecule has 0 radical (unpaired) electrons. The summed E-state index contributed by atoms with van der Waals surface area (Å²) in [6.45, 7) is 2.60. The number of halogens is 1. The molecule has 116 valence electrons. The number of rotatable bonds is 6. The maximum atomic E-state index is 6.21. The molecule has 2 aliphatic rings. The van der Waals surface area contributed by atoms with Crippen LogP contribution in [0, 0.1) is 0 Å². The van der Waals surface area contributed by atoms with Crippen molar-refractivity contribution in [3.63, 3.8) is 0 Å². The Kier molecular flexibility index (Phi) is 4.99. The fraction of sp³-hybridized carbons (Fsp3) is 0.688. The molecule has 1 unspecified atom stereocenters. The maximum absolute atomic E-state index is 6.21. The van der Waals surface area contributed by atoms with Crippen molar-refractivity contribution in [2.24, 2.45) is 0 Å². The molecular formula is C16H24ClN3O. The van der Waals surface area contributed by atoms with Crippen LogP contribution >= 0.6 is 11.6 Å². The molecule has 3 rings (SSSR count). The second-order valence-corrected chi connectivity index (χ2v) is 6.58. The van der Waals surface area contributed by atoms with Crippen LogP contribution in [0.4, 0.5) is 0 Å². The van der Waals surface area contributed by atoms with E-state index >= 15 is 0 Å². The quantitative estimate of drug-likeness (QED) is 0.877. The van der Waals surface area contributed by atoms with E-state index in [4.69, 9.17) is 16.3 Å². The highest BCUT2D eigenvalue weighted by atomic mass is 35.5. The van der Waals surface area contributed by atoms with E-state index < -0.39 is 0 Å². The molecule has 0 aromatic carbocycles. The van der Waals surface area contributed by atoms with E-state index in [-0.39, 0.29) is 0 Å². The average molecular weight is 310 g/mol. The zero-order valence-electron chi connectivity index (χ0n) is 12.6. The summed E-state index contributed by atoms with van der Waals surface area (Å²) < 4.78 is 5.89. The van der Waals surface area contributed by atoms with Gasteiger partial charge < -0.3 is 15.0 Å². The molecule has 5 heteroatoms. The minimum Gasteiger partial charge on any atom is -0.476 e. The predicted octanol–water partition coefficient (Wildman–Crippen LogP) is 2.85. The first-order valence-electron chi connectivity index (χ1n) is 7.94. The van der Waals surface area contributed by atoms with Crippen LogP contribution in [0.2, 0.25) is 5.02 Å². The third-order valence-electron chi connectivity index (χ3n) is 4.37. The van der Waals surface area contributed by atoms with Gasteiger partial charge in [-0.05, 0) is 45.3 Å². The summed E-state index contributed by atoms with van der Waals surface area (Å²) in [4.78, 5) is 6.93. The van der Waals surface area contributed by atoms with E-state index in [9.17, 15) is 0 Å². The lowest BCUT2D eigenvalue weighted by molar-refractivity contribution is 0.122. The first-order valence-corrected chi connectivity index (χ1v) is 8.32. The smallest absolute Gasteiger partial charge is 0.213 e. The van der Waals surface area contributed by atoms with Crippen molar-refractivity contribution in [2.45, 2.75) is 50.7 Å². The molecule has 1 saturated carbocycles. The molecule has 1 saturated heterocycles. The molecule has 1 N–H and O–H groups in total. The number of ether oxygens (including phenoxy) is 1. The van der Waals surface area contributed by atoms with E-state index in [1.165, 1.54) is 38.6 Å². The van der Waals surface area contributed by atoms with E-state index in [0.717, 1.165) is 12.2 Å². The first kappa shape index (κ1) is 15.1. The molecule has 0 bridgehead atoms. The van der Waals surface area contributed by atoms with E-state index in [1.807, 2.05) is 12.1 Å². The molecule has 2 fully saturated rings. The fourth-order valence-electron chi connectivity index (χ4n) is 2.73. The Labute approximate surface area is 131 Å². The van der Waals surface area contributed by atoms with Crippen LogP contribution in [-0.2, 0) is 6.54 Å². The molecule has 0 amide bonds.